The van der Waals surface area contributed by atoms with E-state index < -0.39 is 22.5 Å². The van der Waals surface area contributed by atoms with E-state index in [0.29, 0.717) is 46.0 Å². The lowest BCUT2D eigenvalue weighted by molar-refractivity contribution is -0.384. The lowest BCUT2D eigenvalue weighted by Crippen LogP contribution is -2.40. The Hall–Kier alpha value is -3.75. The fraction of sp³-hybridized carbons (Fsp3) is 0.143. The van der Waals surface area contributed by atoms with Gasteiger partial charge in [-0.15, -0.1) is 11.3 Å². The number of fused-ring (bicyclic) bond motifs is 2. The number of rotatable bonds is 7. The molecule has 0 spiro atoms. The third-order valence-corrected chi connectivity index (χ3v) is 10.2. The van der Waals surface area contributed by atoms with Crippen LogP contribution < -0.4 is 14.9 Å². The van der Waals surface area contributed by atoms with Crippen molar-refractivity contribution in [3.63, 3.8) is 0 Å². The van der Waals surface area contributed by atoms with Gasteiger partial charge in [0.05, 0.1) is 47.6 Å². The van der Waals surface area contributed by atoms with Crippen LogP contribution in [-0.2, 0) is 9.53 Å². The number of hydrogen-bond acceptors (Lipinski definition) is 11. The Morgan fingerprint density at radius 3 is 2.81 bits per heavy atom. The number of nitro benzene ring substituents is 1. The molecule has 0 amide bonds. The summed E-state index contributed by atoms with van der Waals surface area (Å²) in [7, 11) is 0. The van der Waals surface area contributed by atoms with Crippen molar-refractivity contribution in [3.8, 4) is 0 Å². The Morgan fingerprint density at radius 2 is 2.05 bits per heavy atom. The first-order chi connectivity index (χ1) is 20.6. The first kappa shape index (κ1) is 29.3. The third kappa shape index (κ3) is 5.54. The molecule has 0 N–H and O–H groups in total. The van der Waals surface area contributed by atoms with Gasteiger partial charge in [0.1, 0.15) is 11.8 Å². The molecule has 0 fully saturated rings. The van der Waals surface area contributed by atoms with Gasteiger partial charge >= 0.3 is 5.97 Å². The highest BCUT2D eigenvalue weighted by atomic mass is 35.5. The molecule has 2 aromatic carbocycles. The van der Waals surface area contributed by atoms with Crippen molar-refractivity contribution in [1.82, 2.24) is 9.55 Å². The number of furan rings is 1. The first-order valence-electron chi connectivity index (χ1n) is 12.6. The van der Waals surface area contributed by atoms with E-state index in [-0.39, 0.29) is 27.9 Å². The Bertz CT molecular complexity index is 2160. The number of ether oxygens (including phenoxy) is 1. The average molecular weight is 674 g/mol. The Kier molecular flexibility index (Phi) is 8.00. The number of aromatic nitrogens is 2. The van der Waals surface area contributed by atoms with Crippen molar-refractivity contribution >= 4 is 85.6 Å². The van der Waals surface area contributed by atoms with Crippen molar-refractivity contribution in [2.45, 2.75) is 29.3 Å². The minimum atomic E-state index is -0.902. The molecule has 218 valence electrons. The van der Waals surface area contributed by atoms with Crippen LogP contribution >= 0.6 is 57.6 Å². The van der Waals surface area contributed by atoms with Gasteiger partial charge in [-0.3, -0.25) is 19.5 Å². The van der Waals surface area contributed by atoms with Crippen LogP contribution in [0.1, 0.15) is 31.2 Å². The Balaban J connectivity index is 1.38. The maximum absolute atomic E-state index is 13.8. The molecule has 1 aliphatic rings. The number of halogens is 2. The van der Waals surface area contributed by atoms with Crippen LogP contribution in [0.25, 0.3) is 16.3 Å². The second-order valence-electron chi connectivity index (χ2n) is 9.09. The lowest BCUT2D eigenvalue weighted by Gasteiger charge is -2.25. The molecular weight excluding hydrogens is 655 g/mol. The summed E-state index contributed by atoms with van der Waals surface area (Å²) in [4.78, 5) is 47.0. The number of carbonyl (C=O) groups is 1. The number of esters is 1. The highest BCUT2D eigenvalue weighted by Crippen LogP contribution is 2.38. The van der Waals surface area contributed by atoms with E-state index in [1.54, 1.807) is 56.3 Å². The van der Waals surface area contributed by atoms with Gasteiger partial charge in [0.15, 0.2) is 14.2 Å². The third-order valence-electron chi connectivity index (χ3n) is 6.42. The van der Waals surface area contributed by atoms with Crippen LogP contribution in [0.15, 0.2) is 83.4 Å². The van der Waals surface area contributed by atoms with Crippen LogP contribution in [0, 0.1) is 10.1 Å². The number of nitro groups is 1. The average Bonchev–Trinajstić information content (AvgIpc) is 3.66. The van der Waals surface area contributed by atoms with Crippen LogP contribution in [0.4, 0.5) is 5.69 Å². The summed E-state index contributed by atoms with van der Waals surface area (Å²) in [6.45, 7) is 3.53. The van der Waals surface area contributed by atoms with E-state index in [9.17, 15) is 19.7 Å². The summed E-state index contributed by atoms with van der Waals surface area (Å²) < 4.78 is 14.4. The maximum Gasteiger partial charge on any atom is 0.338 e. The molecule has 43 heavy (non-hydrogen) atoms. The van der Waals surface area contributed by atoms with Crippen molar-refractivity contribution in [1.29, 1.82) is 0 Å². The standard InChI is InChI=1S/C28H18Cl2N4O6S3/c1-3-39-26(36)22-13(2)31-27-33(24(22)16-5-4-6-17(29)23(16)30)25(35)20(41-27)12-15-8-10-21(40-15)43-28-32-18-9-7-14(34(37)38)11-19(18)42-28/h4-12,24H,3H2,1-2H3/b20-12-/t24-/m0/s1. The molecule has 0 bridgehead atoms. The molecule has 15 heteroatoms. The highest BCUT2D eigenvalue weighted by Gasteiger charge is 2.35. The van der Waals surface area contributed by atoms with Gasteiger partial charge in [-0.1, -0.05) is 46.7 Å². The molecule has 0 saturated carbocycles. The molecule has 0 radical (unpaired) electrons. The van der Waals surface area contributed by atoms with Crippen molar-refractivity contribution in [2.24, 2.45) is 4.99 Å². The minimum absolute atomic E-state index is 0.00102. The van der Waals surface area contributed by atoms with Gasteiger partial charge < -0.3 is 9.15 Å². The summed E-state index contributed by atoms with van der Waals surface area (Å²) >= 11 is 16.6. The number of benzene rings is 2. The zero-order chi connectivity index (χ0) is 30.4. The Labute approximate surface area is 264 Å². The molecule has 0 unspecified atom stereocenters. The summed E-state index contributed by atoms with van der Waals surface area (Å²) in [6, 6.07) is 12.1. The van der Waals surface area contributed by atoms with E-state index in [0.717, 1.165) is 11.3 Å². The monoisotopic (exact) mass is 672 g/mol. The summed E-state index contributed by atoms with van der Waals surface area (Å²) in [5.41, 5.74) is 1.33. The van der Waals surface area contributed by atoms with Gasteiger partial charge in [-0.05, 0) is 49.9 Å². The normalized spacial score (nSPS) is 15.1. The van der Waals surface area contributed by atoms with E-state index >= 15 is 0 Å². The highest BCUT2D eigenvalue weighted by molar-refractivity contribution is 8.01. The van der Waals surface area contributed by atoms with E-state index in [1.165, 1.54) is 39.8 Å². The topological polar surface area (TPSA) is 130 Å². The second-order valence-corrected chi connectivity index (χ2v) is 13.2. The van der Waals surface area contributed by atoms with Crippen molar-refractivity contribution in [3.05, 3.63) is 111 Å². The molecule has 10 nitrogen and oxygen atoms in total. The molecule has 5 aromatic rings. The van der Waals surface area contributed by atoms with Crippen LogP contribution in [0.3, 0.4) is 0 Å². The van der Waals surface area contributed by atoms with Crippen molar-refractivity contribution in [2.75, 3.05) is 6.61 Å². The zero-order valence-corrected chi connectivity index (χ0v) is 26.2. The number of allylic oxidation sites excluding steroid dienone is 1. The van der Waals surface area contributed by atoms with Crippen molar-refractivity contribution < 1.29 is 18.9 Å². The predicted octanol–water partition coefficient (Wildman–Crippen LogP) is 6.37. The fourth-order valence-electron chi connectivity index (χ4n) is 4.55. The second kappa shape index (κ2) is 11.7. The first-order valence-corrected chi connectivity index (χ1v) is 15.8. The van der Waals surface area contributed by atoms with E-state index in [1.807, 2.05) is 0 Å². The number of carbonyl (C=O) groups excluding carboxylic acids is 1. The maximum atomic E-state index is 13.8. The zero-order valence-electron chi connectivity index (χ0n) is 22.2. The Morgan fingerprint density at radius 1 is 1.23 bits per heavy atom. The van der Waals surface area contributed by atoms with Gasteiger partial charge in [0.25, 0.3) is 11.2 Å². The number of nitrogens with zero attached hydrogens (tertiary/aromatic N) is 4. The molecule has 4 heterocycles. The molecule has 1 aliphatic heterocycles. The fourth-order valence-corrected chi connectivity index (χ4v) is 7.99. The minimum Gasteiger partial charge on any atom is -0.463 e. The van der Waals surface area contributed by atoms with Crippen LogP contribution in [0.2, 0.25) is 10.0 Å². The predicted molar refractivity (Wildman–Crippen MR) is 166 cm³/mol. The quantitative estimate of drug-likeness (QED) is 0.111. The lowest BCUT2D eigenvalue weighted by atomic mass is 9.96. The number of hydrogen-bond donors (Lipinski definition) is 0. The SMILES string of the molecule is CCOC(=O)C1=C(C)N=c2s/c(=C\c3ccc(Sc4nc5ccc([N+](=O)[O-])cc5s4)o3)c(=O)n2[C@H]1c1cccc(Cl)c1Cl. The largest absolute Gasteiger partial charge is 0.463 e. The smallest absolute Gasteiger partial charge is 0.338 e. The van der Waals surface area contributed by atoms with E-state index in [2.05, 4.69) is 9.98 Å². The summed E-state index contributed by atoms with van der Waals surface area (Å²) in [5.74, 6) is -0.181. The number of non-ortho nitro benzene ring substituents is 1. The van der Waals surface area contributed by atoms with Gasteiger partial charge in [0, 0.05) is 23.8 Å². The van der Waals surface area contributed by atoms with Gasteiger partial charge in [0.2, 0.25) is 0 Å². The summed E-state index contributed by atoms with van der Waals surface area (Å²) in [6.07, 6.45) is 1.61. The van der Waals surface area contributed by atoms with E-state index in [4.69, 9.17) is 32.4 Å². The summed E-state index contributed by atoms with van der Waals surface area (Å²) in [5, 5.41) is 12.1. The molecule has 0 saturated heterocycles. The molecule has 6 rings (SSSR count). The molecule has 3 aromatic heterocycles. The van der Waals surface area contributed by atoms with Gasteiger partial charge in [-0.2, -0.15) is 0 Å². The van der Waals surface area contributed by atoms with Gasteiger partial charge in [-0.25, -0.2) is 14.8 Å². The van der Waals surface area contributed by atoms with Crippen LogP contribution in [0.5, 0.6) is 0 Å². The molecular formula is C28H18Cl2N4O6S3. The molecule has 0 aliphatic carbocycles. The van der Waals surface area contributed by atoms with Crippen LogP contribution in [-0.4, -0.2) is 27.1 Å². The number of thiazole rings is 2. The molecule has 1 atom stereocenters.